The monoisotopic (exact) mass is 410 g/mol. The molecule has 1 aromatic heterocycles. The lowest BCUT2D eigenvalue weighted by Crippen LogP contribution is -2.53. The topological polar surface area (TPSA) is 32.8 Å². The zero-order valence-corrected chi connectivity index (χ0v) is 16.9. The van der Waals surface area contributed by atoms with Crippen molar-refractivity contribution in [3.63, 3.8) is 0 Å². The Bertz CT molecular complexity index is 792. The van der Waals surface area contributed by atoms with Crippen LogP contribution < -0.4 is 4.90 Å². The van der Waals surface area contributed by atoms with Crippen LogP contribution in [-0.2, 0) is 11.3 Å². The van der Waals surface area contributed by atoms with Gasteiger partial charge in [-0.05, 0) is 63.0 Å². The fourth-order valence-electron chi connectivity index (χ4n) is 3.88. The summed E-state index contributed by atoms with van der Waals surface area (Å²) in [5, 5.41) is 0. The van der Waals surface area contributed by atoms with Crippen LogP contribution in [0.1, 0.15) is 22.6 Å². The molecule has 0 N–H and O–H groups in total. The van der Waals surface area contributed by atoms with Gasteiger partial charge in [-0.25, -0.2) is 9.18 Å². The van der Waals surface area contributed by atoms with Gasteiger partial charge in [0.25, 0.3) is 0 Å². The van der Waals surface area contributed by atoms with Crippen molar-refractivity contribution in [2.75, 3.05) is 24.5 Å². The van der Waals surface area contributed by atoms with E-state index in [1.165, 1.54) is 15.8 Å². The van der Waals surface area contributed by atoms with Gasteiger partial charge in [-0.1, -0.05) is 12.1 Å². The average molecular weight is 411 g/mol. The fraction of sp³-hybridized carbons (Fsp3) is 0.450. The van der Waals surface area contributed by atoms with Crippen molar-refractivity contribution in [3.05, 3.63) is 52.0 Å². The molecule has 3 aliphatic rings. The van der Waals surface area contributed by atoms with E-state index in [2.05, 4.69) is 4.90 Å². The third kappa shape index (κ3) is 4.45. The Morgan fingerprint density at radius 2 is 2.00 bits per heavy atom. The van der Waals surface area contributed by atoms with Crippen LogP contribution in [0, 0.1) is 18.7 Å². The number of para-hydroxylation sites is 1. The first-order valence-corrected chi connectivity index (χ1v) is 9.92. The van der Waals surface area contributed by atoms with Gasteiger partial charge in [0.15, 0.2) is 0 Å². The second kappa shape index (κ2) is 8.59. The minimum atomic E-state index is -0.458. The van der Waals surface area contributed by atoms with E-state index in [1.807, 2.05) is 19.1 Å². The number of aryl methyl sites for hydroxylation is 1. The SMILES string of the molecule is Cc1ccc(CN(C(=O)O[C@H]2CN3CCC2CC3)c2ccccc2F)s1.Cl. The molecule has 5 rings (SSSR count). The molecule has 0 aliphatic carbocycles. The van der Waals surface area contributed by atoms with Crippen LogP contribution in [-0.4, -0.2) is 36.7 Å². The third-order valence-corrected chi connectivity index (χ3v) is 6.31. The van der Waals surface area contributed by atoms with Gasteiger partial charge < -0.3 is 4.74 Å². The van der Waals surface area contributed by atoms with Gasteiger partial charge in [0, 0.05) is 16.3 Å². The van der Waals surface area contributed by atoms with Crippen LogP contribution in [0.25, 0.3) is 0 Å². The number of benzene rings is 1. The van der Waals surface area contributed by atoms with E-state index in [4.69, 9.17) is 4.74 Å². The normalized spacial score (nSPS) is 23.6. The Morgan fingerprint density at radius 1 is 1.26 bits per heavy atom. The maximum Gasteiger partial charge on any atom is 0.415 e. The van der Waals surface area contributed by atoms with E-state index in [0.29, 0.717) is 12.5 Å². The van der Waals surface area contributed by atoms with Crippen LogP contribution in [0.4, 0.5) is 14.9 Å². The number of ether oxygens (including phenoxy) is 1. The van der Waals surface area contributed by atoms with Crippen molar-refractivity contribution in [2.24, 2.45) is 5.92 Å². The molecule has 1 amide bonds. The molecule has 4 heterocycles. The Labute approximate surface area is 169 Å². The molecule has 1 atom stereocenters. The summed E-state index contributed by atoms with van der Waals surface area (Å²) in [6.07, 6.45) is 1.59. The predicted octanol–water partition coefficient (Wildman–Crippen LogP) is 4.85. The largest absolute Gasteiger partial charge is 0.444 e. The molecule has 2 bridgehead atoms. The molecular weight excluding hydrogens is 387 g/mol. The van der Waals surface area contributed by atoms with Gasteiger partial charge in [0.2, 0.25) is 0 Å². The molecule has 2 aromatic rings. The Morgan fingerprint density at radius 3 is 2.59 bits per heavy atom. The molecule has 27 heavy (non-hydrogen) atoms. The third-order valence-electron chi connectivity index (χ3n) is 5.32. The smallest absolute Gasteiger partial charge is 0.415 e. The summed E-state index contributed by atoms with van der Waals surface area (Å²) in [6, 6.07) is 10.4. The van der Waals surface area contributed by atoms with Crippen LogP contribution in [0.15, 0.2) is 36.4 Å². The summed E-state index contributed by atoms with van der Waals surface area (Å²) in [4.78, 5) is 18.9. The molecule has 3 fully saturated rings. The second-order valence-electron chi connectivity index (χ2n) is 7.11. The quantitative estimate of drug-likeness (QED) is 0.721. The lowest BCUT2D eigenvalue weighted by Gasteiger charge is -2.44. The first-order valence-electron chi connectivity index (χ1n) is 9.10. The number of piperidine rings is 3. The number of hydrogen-bond acceptors (Lipinski definition) is 4. The number of nitrogens with zero attached hydrogens (tertiary/aromatic N) is 2. The summed E-state index contributed by atoms with van der Waals surface area (Å²) >= 11 is 1.61. The molecule has 0 radical (unpaired) electrons. The minimum Gasteiger partial charge on any atom is -0.444 e. The number of carbonyl (C=O) groups excluding carboxylic acids is 1. The Kier molecular flexibility index (Phi) is 6.40. The predicted molar refractivity (Wildman–Crippen MR) is 108 cm³/mol. The van der Waals surface area contributed by atoms with E-state index in [9.17, 15) is 9.18 Å². The van der Waals surface area contributed by atoms with Crippen molar-refractivity contribution < 1.29 is 13.9 Å². The Hall–Kier alpha value is -1.63. The van der Waals surface area contributed by atoms with Crippen LogP contribution in [0.3, 0.4) is 0 Å². The number of thiophene rings is 1. The second-order valence-corrected chi connectivity index (χ2v) is 8.48. The van der Waals surface area contributed by atoms with Gasteiger partial charge in [-0.15, -0.1) is 23.7 Å². The van der Waals surface area contributed by atoms with E-state index in [0.717, 1.165) is 37.4 Å². The van der Waals surface area contributed by atoms with Crippen molar-refractivity contribution in [3.8, 4) is 0 Å². The van der Waals surface area contributed by atoms with Crippen LogP contribution in [0.5, 0.6) is 0 Å². The van der Waals surface area contributed by atoms with Gasteiger partial charge in [-0.3, -0.25) is 9.80 Å². The molecule has 3 aliphatic heterocycles. The lowest BCUT2D eigenvalue weighted by atomic mass is 9.86. The summed E-state index contributed by atoms with van der Waals surface area (Å²) in [6.45, 7) is 5.31. The maximum absolute atomic E-state index is 14.4. The lowest BCUT2D eigenvalue weighted by molar-refractivity contribution is -0.0311. The number of anilines is 1. The van der Waals surface area contributed by atoms with E-state index >= 15 is 0 Å². The number of amides is 1. The van der Waals surface area contributed by atoms with Gasteiger partial charge >= 0.3 is 6.09 Å². The van der Waals surface area contributed by atoms with Crippen molar-refractivity contribution in [1.29, 1.82) is 0 Å². The van der Waals surface area contributed by atoms with Crippen molar-refractivity contribution in [2.45, 2.75) is 32.4 Å². The molecule has 3 saturated heterocycles. The van der Waals surface area contributed by atoms with E-state index in [1.54, 1.807) is 29.5 Å². The molecule has 7 heteroatoms. The first kappa shape index (κ1) is 20.1. The highest BCUT2D eigenvalue weighted by atomic mass is 35.5. The molecule has 0 unspecified atom stereocenters. The number of fused-ring (bicyclic) bond motifs is 3. The maximum atomic E-state index is 14.4. The number of hydrogen-bond donors (Lipinski definition) is 0. The summed E-state index contributed by atoms with van der Waals surface area (Å²) < 4.78 is 20.2. The average Bonchev–Trinajstić information content (AvgIpc) is 3.06. The van der Waals surface area contributed by atoms with Gasteiger partial charge in [0.1, 0.15) is 11.9 Å². The fourth-order valence-corrected chi connectivity index (χ4v) is 4.76. The molecule has 4 nitrogen and oxygen atoms in total. The standard InChI is InChI=1S/C20H23FN2O2S.ClH/c1-14-6-7-16(26-14)12-23(18-5-3-2-4-17(18)21)20(24)25-19-13-22-10-8-15(19)9-11-22;/h2-7,15,19H,8-13H2,1H3;1H/t19-;/m0./s1. The summed E-state index contributed by atoms with van der Waals surface area (Å²) in [7, 11) is 0. The highest BCUT2D eigenvalue weighted by Gasteiger charge is 2.37. The first-order chi connectivity index (χ1) is 12.6. The molecular formula is C20H24ClFN2O2S. The zero-order chi connectivity index (χ0) is 18.1. The zero-order valence-electron chi connectivity index (χ0n) is 15.3. The van der Waals surface area contributed by atoms with E-state index in [-0.39, 0.29) is 24.2 Å². The minimum absolute atomic E-state index is 0. The number of carbonyl (C=O) groups is 1. The summed E-state index contributed by atoms with van der Waals surface area (Å²) in [5.41, 5.74) is 0.268. The molecule has 1 aromatic carbocycles. The van der Waals surface area contributed by atoms with Crippen LogP contribution in [0.2, 0.25) is 0 Å². The van der Waals surface area contributed by atoms with Crippen molar-refractivity contribution in [1.82, 2.24) is 4.90 Å². The molecule has 0 saturated carbocycles. The highest BCUT2D eigenvalue weighted by molar-refractivity contribution is 7.11. The van der Waals surface area contributed by atoms with Crippen LogP contribution >= 0.6 is 23.7 Å². The number of rotatable bonds is 4. The van der Waals surface area contributed by atoms with Gasteiger partial charge in [-0.2, -0.15) is 0 Å². The van der Waals surface area contributed by atoms with E-state index < -0.39 is 11.9 Å². The van der Waals surface area contributed by atoms with Crippen molar-refractivity contribution >= 4 is 35.5 Å². The molecule has 0 spiro atoms. The number of halogens is 2. The Balaban J connectivity index is 0.00000210. The van der Waals surface area contributed by atoms with Gasteiger partial charge in [0.05, 0.1) is 12.2 Å². The molecule has 146 valence electrons. The summed E-state index contributed by atoms with van der Waals surface area (Å²) in [5.74, 6) is 0.0158. The highest BCUT2D eigenvalue weighted by Crippen LogP contribution is 2.31.